The van der Waals surface area contributed by atoms with Crippen molar-refractivity contribution < 1.29 is 19.4 Å². The van der Waals surface area contributed by atoms with Gasteiger partial charge in [0.1, 0.15) is 11.5 Å². The number of nitrogens with zero attached hydrogens (tertiary/aromatic N) is 2. The van der Waals surface area contributed by atoms with Crippen LogP contribution in [0.4, 0.5) is 0 Å². The molecule has 1 saturated heterocycles. The van der Waals surface area contributed by atoms with E-state index in [2.05, 4.69) is 0 Å². The lowest BCUT2D eigenvalue weighted by atomic mass is 10.00. The van der Waals surface area contributed by atoms with Crippen molar-refractivity contribution in [1.29, 1.82) is 0 Å². The fraction of sp³-hybridized carbons (Fsp3) is 0.391. The predicted molar refractivity (Wildman–Crippen MR) is 119 cm³/mol. The number of carbonyl (C=O) groups excluding carboxylic acids is 2. The summed E-state index contributed by atoms with van der Waals surface area (Å²) in [6, 6.07) is 10.2. The van der Waals surface area contributed by atoms with Crippen LogP contribution in [0.25, 0.3) is 5.76 Å². The number of hydrogen-bond donors (Lipinski definition) is 1. The van der Waals surface area contributed by atoms with Crippen LogP contribution >= 0.6 is 11.3 Å². The molecule has 0 spiro atoms. The number of benzene rings is 1. The standard InChI is InChI=1S/C23H28N2O4S/c1-4-14-29-17-10-8-16(9-11-17)21(26)19-20(18-7-5-15-30-18)25(23(28)22(19)27)13-6-12-24(2)3/h5,7-11,15,20,26H,4,6,12-14H2,1-3H3/b21-19+/t20-/m0/s1. The molecule has 1 N–H and O–H groups in total. The van der Waals surface area contributed by atoms with Gasteiger partial charge in [-0.3, -0.25) is 9.59 Å². The van der Waals surface area contributed by atoms with Gasteiger partial charge in [0, 0.05) is 17.0 Å². The van der Waals surface area contributed by atoms with E-state index in [4.69, 9.17) is 4.74 Å². The van der Waals surface area contributed by atoms with Gasteiger partial charge in [-0.1, -0.05) is 13.0 Å². The summed E-state index contributed by atoms with van der Waals surface area (Å²) >= 11 is 1.47. The van der Waals surface area contributed by atoms with Crippen LogP contribution < -0.4 is 4.74 Å². The van der Waals surface area contributed by atoms with Crippen molar-refractivity contribution in [2.45, 2.75) is 25.8 Å². The molecule has 1 aromatic heterocycles. The molecule has 1 aromatic carbocycles. The van der Waals surface area contributed by atoms with Gasteiger partial charge >= 0.3 is 0 Å². The Morgan fingerprint density at radius 2 is 1.93 bits per heavy atom. The molecule has 2 aromatic rings. The first-order valence-electron chi connectivity index (χ1n) is 10.1. The maximum Gasteiger partial charge on any atom is 0.295 e. The molecule has 1 fully saturated rings. The summed E-state index contributed by atoms with van der Waals surface area (Å²) in [5, 5.41) is 12.9. The van der Waals surface area contributed by atoms with E-state index in [1.807, 2.05) is 43.4 Å². The van der Waals surface area contributed by atoms with Crippen LogP contribution in [-0.2, 0) is 9.59 Å². The fourth-order valence-electron chi connectivity index (χ4n) is 3.50. The molecule has 30 heavy (non-hydrogen) atoms. The van der Waals surface area contributed by atoms with Crippen LogP contribution in [0.3, 0.4) is 0 Å². The molecular formula is C23H28N2O4S. The molecule has 1 atom stereocenters. The maximum absolute atomic E-state index is 12.9. The van der Waals surface area contributed by atoms with Crippen molar-refractivity contribution >= 4 is 28.8 Å². The first-order valence-corrected chi connectivity index (χ1v) is 11.0. The zero-order chi connectivity index (χ0) is 21.7. The largest absolute Gasteiger partial charge is 0.507 e. The molecule has 2 heterocycles. The van der Waals surface area contributed by atoms with E-state index in [0.29, 0.717) is 24.5 Å². The van der Waals surface area contributed by atoms with Gasteiger partial charge in [-0.25, -0.2) is 0 Å². The highest BCUT2D eigenvalue weighted by molar-refractivity contribution is 7.10. The minimum atomic E-state index is -0.637. The number of amides is 1. The summed E-state index contributed by atoms with van der Waals surface area (Å²) in [4.78, 5) is 30.2. The summed E-state index contributed by atoms with van der Waals surface area (Å²) in [6.45, 7) is 3.90. The SMILES string of the molecule is CCCOc1ccc(/C(O)=C2\C(=O)C(=O)N(CCCN(C)C)[C@H]2c2cccs2)cc1. The van der Waals surface area contributed by atoms with E-state index in [9.17, 15) is 14.7 Å². The van der Waals surface area contributed by atoms with E-state index in [-0.39, 0.29) is 11.3 Å². The number of aliphatic hydroxyl groups is 1. The first kappa shape index (κ1) is 22.1. The number of ketones is 1. The number of thiophene rings is 1. The van der Waals surface area contributed by atoms with Crippen molar-refractivity contribution in [2.24, 2.45) is 0 Å². The molecular weight excluding hydrogens is 400 g/mol. The second-order valence-electron chi connectivity index (χ2n) is 7.54. The molecule has 0 radical (unpaired) electrons. The molecule has 0 saturated carbocycles. The molecule has 6 nitrogen and oxygen atoms in total. The van der Waals surface area contributed by atoms with Crippen LogP contribution in [0.5, 0.6) is 5.75 Å². The Balaban J connectivity index is 1.95. The Labute approximate surface area is 181 Å². The summed E-state index contributed by atoms with van der Waals surface area (Å²) < 4.78 is 5.58. The molecule has 160 valence electrons. The molecule has 7 heteroatoms. The predicted octanol–water partition coefficient (Wildman–Crippen LogP) is 3.91. The van der Waals surface area contributed by atoms with Crippen LogP contribution in [0.2, 0.25) is 0 Å². The van der Waals surface area contributed by atoms with E-state index in [0.717, 1.165) is 24.3 Å². The second kappa shape index (κ2) is 9.91. The van der Waals surface area contributed by atoms with Gasteiger partial charge in [-0.15, -0.1) is 11.3 Å². The maximum atomic E-state index is 12.9. The number of Topliss-reactive ketones (excluding diaryl/α,β-unsaturated/α-hetero) is 1. The molecule has 1 aliphatic heterocycles. The fourth-order valence-corrected chi connectivity index (χ4v) is 4.34. The number of rotatable bonds is 9. The second-order valence-corrected chi connectivity index (χ2v) is 8.52. The van der Waals surface area contributed by atoms with Crippen molar-refractivity contribution in [3.8, 4) is 5.75 Å². The lowest BCUT2D eigenvalue weighted by Gasteiger charge is -2.24. The van der Waals surface area contributed by atoms with Gasteiger partial charge in [-0.2, -0.15) is 0 Å². The first-order chi connectivity index (χ1) is 14.4. The lowest BCUT2D eigenvalue weighted by molar-refractivity contribution is -0.139. The minimum Gasteiger partial charge on any atom is -0.507 e. The van der Waals surface area contributed by atoms with Gasteiger partial charge in [-0.05, 0) is 69.2 Å². The summed E-state index contributed by atoms with van der Waals surface area (Å²) in [5.41, 5.74) is 0.640. The van der Waals surface area contributed by atoms with E-state index in [1.54, 1.807) is 29.2 Å². The smallest absolute Gasteiger partial charge is 0.295 e. The zero-order valence-corrected chi connectivity index (χ0v) is 18.4. The normalized spacial score (nSPS) is 18.4. The van der Waals surface area contributed by atoms with E-state index >= 15 is 0 Å². The molecule has 1 aliphatic rings. The Morgan fingerprint density at radius 1 is 1.20 bits per heavy atom. The quantitative estimate of drug-likeness (QED) is 0.373. The Morgan fingerprint density at radius 3 is 2.53 bits per heavy atom. The van der Waals surface area contributed by atoms with E-state index in [1.165, 1.54) is 11.3 Å². The monoisotopic (exact) mass is 428 g/mol. The Hall–Kier alpha value is -2.64. The number of ether oxygens (including phenoxy) is 1. The summed E-state index contributed by atoms with van der Waals surface area (Å²) in [6.07, 6.45) is 1.64. The topological polar surface area (TPSA) is 70.1 Å². The molecule has 0 aliphatic carbocycles. The van der Waals surface area contributed by atoms with E-state index < -0.39 is 17.7 Å². The van der Waals surface area contributed by atoms with Crippen LogP contribution in [-0.4, -0.2) is 60.4 Å². The highest BCUT2D eigenvalue weighted by Gasteiger charge is 2.46. The van der Waals surface area contributed by atoms with Crippen molar-refractivity contribution in [1.82, 2.24) is 9.80 Å². The van der Waals surface area contributed by atoms with Gasteiger partial charge in [0.15, 0.2) is 0 Å². The molecule has 0 bridgehead atoms. The summed E-state index contributed by atoms with van der Waals surface area (Å²) in [5.74, 6) is -0.644. The van der Waals surface area contributed by atoms with Gasteiger partial charge < -0.3 is 19.6 Å². The van der Waals surface area contributed by atoms with Gasteiger partial charge in [0.05, 0.1) is 18.2 Å². The summed E-state index contributed by atoms with van der Waals surface area (Å²) in [7, 11) is 3.94. The third-order valence-corrected chi connectivity index (χ3v) is 5.88. The highest BCUT2D eigenvalue weighted by Crippen LogP contribution is 2.41. The van der Waals surface area contributed by atoms with Crippen molar-refractivity contribution in [3.63, 3.8) is 0 Å². The number of hydrogen-bond acceptors (Lipinski definition) is 6. The van der Waals surface area contributed by atoms with Crippen LogP contribution in [0.1, 0.15) is 36.2 Å². The third-order valence-electron chi connectivity index (χ3n) is 4.96. The molecule has 0 unspecified atom stereocenters. The van der Waals surface area contributed by atoms with Crippen molar-refractivity contribution in [2.75, 3.05) is 33.8 Å². The number of aliphatic hydroxyl groups excluding tert-OH is 1. The number of carbonyl (C=O) groups is 2. The molecule has 3 rings (SSSR count). The van der Waals surface area contributed by atoms with Gasteiger partial charge in [0.2, 0.25) is 0 Å². The average molecular weight is 429 g/mol. The lowest BCUT2D eigenvalue weighted by Crippen LogP contribution is -2.32. The Kier molecular flexibility index (Phi) is 7.29. The number of likely N-dealkylation sites (tertiary alicyclic amines) is 1. The van der Waals surface area contributed by atoms with Crippen molar-refractivity contribution in [3.05, 3.63) is 57.8 Å². The van der Waals surface area contributed by atoms with Crippen LogP contribution in [0, 0.1) is 0 Å². The Bertz CT molecular complexity index is 904. The van der Waals surface area contributed by atoms with Crippen LogP contribution in [0.15, 0.2) is 47.4 Å². The molecule has 1 amide bonds. The average Bonchev–Trinajstić information content (AvgIpc) is 3.34. The highest BCUT2D eigenvalue weighted by atomic mass is 32.1. The zero-order valence-electron chi connectivity index (χ0n) is 17.6. The van der Waals surface area contributed by atoms with Gasteiger partial charge in [0.25, 0.3) is 11.7 Å². The minimum absolute atomic E-state index is 0.148. The third kappa shape index (κ3) is 4.74.